The van der Waals surface area contributed by atoms with E-state index in [-0.39, 0.29) is 11.7 Å². The fourth-order valence-electron chi connectivity index (χ4n) is 1.94. The number of ketones is 1. The highest BCUT2D eigenvalue weighted by Gasteiger charge is 2.30. The van der Waals surface area contributed by atoms with Gasteiger partial charge in [-0.05, 0) is 25.8 Å². The van der Waals surface area contributed by atoms with Gasteiger partial charge in [0, 0.05) is 29.9 Å². The summed E-state index contributed by atoms with van der Waals surface area (Å²) in [5.41, 5.74) is 1.69. The van der Waals surface area contributed by atoms with Crippen LogP contribution in [0.1, 0.15) is 34.7 Å². The normalized spacial score (nSPS) is 15.1. The Morgan fingerprint density at radius 2 is 2.41 bits per heavy atom. The number of aromatic nitrogens is 2. The lowest BCUT2D eigenvalue weighted by atomic mass is 10.1. The molecule has 3 rings (SSSR count). The summed E-state index contributed by atoms with van der Waals surface area (Å²) in [5, 5.41) is 3.84. The molecule has 0 radical (unpaired) electrons. The molecule has 0 amide bonds. The molecular formula is C13H14N2O2. The van der Waals surface area contributed by atoms with E-state index in [1.54, 1.807) is 0 Å². The van der Waals surface area contributed by atoms with Crippen molar-refractivity contribution in [3.8, 4) is 0 Å². The maximum atomic E-state index is 11.8. The van der Waals surface area contributed by atoms with Crippen molar-refractivity contribution in [1.82, 2.24) is 9.72 Å². The number of Topliss-reactive ketones (excluding diaryl/α,β-unsaturated/α-hetero) is 1. The first-order chi connectivity index (χ1) is 8.22. The van der Waals surface area contributed by atoms with Gasteiger partial charge in [0.15, 0.2) is 11.5 Å². The monoisotopic (exact) mass is 230 g/mol. The molecule has 0 atom stereocenters. The molecule has 0 unspecified atom stereocenters. The third-order valence-corrected chi connectivity index (χ3v) is 3.00. The van der Waals surface area contributed by atoms with Crippen LogP contribution in [-0.4, -0.2) is 15.5 Å². The molecular weight excluding hydrogens is 216 g/mol. The Morgan fingerprint density at radius 1 is 1.59 bits per heavy atom. The summed E-state index contributed by atoms with van der Waals surface area (Å²) in [7, 11) is 0. The first-order valence-electron chi connectivity index (χ1n) is 5.84. The van der Waals surface area contributed by atoms with E-state index in [2.05, 4.69) is 5.16 Å². The van der Waals surface area contributed by atoms with Crippen molar-refractivity contribution in [1.29, 1.82) is 0 Å². The molecule has 0 aliphatic heterocycles. The number of rotatable bonds is 4. The molecule has 0 aromatic carbocycles. The Hall–Kier alpha value is -1.84. The van der Waals surface area contributed by atoms with Gasteiger partial charge in [-0.3, -0.25) is 4.79 Å². The van der Waals surface area contributed by atoms with Crippen molar-refractivity contribution in [2.45, 2.75) is 26.3 Å². The zero-order chi connectivity index (χ0) is 11.8. The average molecular weight is 230 g/mol. The largest absolute Gasteiger partial charge is 0.359 e. The SMILES string of the molecule is Cc1cc(Cn2ccc(C(=O)C3CC3)c2)on1. The molecule has 2 aromatic rings. The number of carbonyl (C=O) groups is 1. The highest BCUT2D eigenvalue weighted by Crippen LogP contribution is 2.32. The topological polar surface area (TPSA) is 48.0 Å². The number of carbonyl (C=O) groups excluding carboxylic acids is 1. The maximum Gasteiger partial charge on any atom is 0.167 e. The first kappa shape index (κ1) is 10.3. The van der Waals surface area contributed by atoms with Gasteiger partial charge in [-0.25, -0.2) is 0 Å². The van der Waals surface area contributed by atoms with Crippen LogP contribution in [0.4, 0.5) is 0 Å². The minimum Gasteiger partial charge on any atom is -0.359 e. The molecule has 1 saturated carbocycles. The Balaban J connectivity index is 1.73. The van der Waals surface area contributed by atoms with Gasteiger partial charge in [0.2, 0.25) is 0 Å². The average Bonchev–Trinajstić information content (AvgIpc) is 2.93. The van der Waals surface area contributed by atoms with Crippen molar-refractivity contribution in [3.63, 3.8) is 0 Å². The minimum absolute atomic E-state index is 0.275. The Morgan fingerprint density at radius 3 is 3.06 bits per heavy atom. The number of nitrogens with zero attached hydrogens (tertiary/aromatic N) is 2. The number of hydrogen-bond acceptors (Lipinski definition) is 3. The van der Waals surface area contributed by atoms with Crippen molar-refractivity contribution < 1.29 is 9.32 Å². The third kappa shape index (κ3) is 2.16. The molecule has 2 aromatic heterocycles. The quantitative estimate of drug-likeness (QED) is 0.758. The molecule has 4 nitrogen and oxygen atoms in total. The summed E-state index contributed by atoms with van der Waals surface area (Å²) >= 11 is 0. The van der Waals surface area contributed by atoms with Gasteiger partial charge >= 0.3 is 0 Å². The molecule has 0 saturated heterocycles. The fraction of sp³-hybridized carbons (Fsp3) is 0.385. The van der Waals surface area contributed by atoms with Crippen LogP contribution in [0.5, 0.6) is 0 Å². The minimum atomic E-state index is 0.275. The summed E-state index contributed by atoms with van der Waals surface area (Å²) in [6.07, 6.45) is 5.89. The van der Waals surface area contributed by atoms with Crippen LogP contribution < -0.4 is 0 Å². The Bertz CT molecular complexity index is 549. The summed E-state index contributed by atoms with van der Waals surface area (Å²) in [4.78, 5) is 11.8. The van der Waals surface area contributed by atoms with Crippen molar-refractivity contribution >= 4 is 5.78 Å². The molecule has 2 heterocycles. The zero-order valence-corrected chi connectivity index (χ0v) is 9.72. The number of hydrogen-bond donors (Lipinski definition) is 0. The summed E-state index contributed by atoms with van der Waals surface area (Å²) < 4.78 is 7.10. The van der Waals surface area contributed by atoms with Crippen LogP contribution in [0.3, 0.4) is 0 Å². The maximum absolute atomic E-state index is 11.8. The van der Waals surface area contributed by atoms with E-state index in [1.165, 1.54) is 0 Å². The fourth-order valence-corrected chi connectivity index (χ4v) is 1.94. The van der Waals surface area contributed by atoms with Crippen LogP contribution in [-0.2, 0) is 6.54 Å². The Labute approximate surface area is 99.2 Å². The second-order valence-electron chi connectivity index (χ2n) is 4.65. The van der Waals surface area contributed by atoms with E-state index < -0.39 is 0 Å². The highest BCUT2D eigenvalue weighted by molar-refractivity contribution is 5.99. The number of aryl methyl sites for hydroxylation is 1. The standard InChI is InChI=1S/C13H14N2O2/c1-9-6-12(17-14-9)8-15-5-4-11(7-15)13(16)10-2-3-10/h4-7,10H,2-3,8H2,1H3. The molecule has 88 valence electrons. The van der Waals surface area contributed by atoms with E-state index in [0.29, 0.717) is 6.54 Å². The van der Waals surface area contributed by atoms with E-state index in [9.17, 15) is 4.79 Å². The molecule has 4 heteroatoms. The van der Waals surface area contributed by atoms with Crippen molar-refractivity contribution in [2.24, 2.45) is 5.92 Å². The summed E-state index contributed by atoms with van der Waals surface area (Å²) in [6, 6.07) is 3.78. The van der Waals surface area contributed by atoms with Gasteiger partial charge in [-0.1, -0.05) is 5.16 Å². The van der Waals surface area contributed by atoms with Gasteiger partial charge in [0.05, 0.1) is 12.2 Å². The van der Waals surface area contributed by atoms with Gasteiger partial charge in [-0.15, -0.1) is 0 Å². The molecule has 0 bridgehead atoms. The van der Waals surface area contributed by atoms with Crippen LogP contribution in [0.15, 0.2) is 29.0 Å². The molecule has 0 N–H and O–H groups in total. The lowest BCUT2D eigenvalue weighted by molar-refractivity contribution is 0.0967. The zero-order valence-electron chi connectivity index (χ0n) is 9.72. The second-order valence-corrected chi connectivity index (χ2v) is 4.65. The van der Waals surface area contributed by atoms with Crippen LogP contribution in [0, 0.1) is 12.8 Å². The lowest BCUT2D eigenvalue weighted by Gasteiger charge is -1.97. The first-order valence-corrected chi connectivity index (χ1v) is 5.84. The highest BCUT2D eigenvalue weighted by atomic mass is 16.5. The van der Waals surface area contributed by atoms with Gasteiger partial charge in [-0.2, -0.15) is 0 Å². The third-order valence-electron chi connectivity index (χ3n) is 3.00. The molecule has 1 fully saturated rings. The summed E-state index contributed by atoms with van der Waals surface area (Å²) in [6.45, 7) is 2.52. The second kappa shape index (κ2) is 3.87. The predicted molar refractivity (Wildman–Crippen MR) is 61.8 cm³/mol. The van der Waals surface area contributed by atoms with Crippen LogP contribution in [0.2, 0.25) is 0 Å². The van der Waals surface area contributed by atoms with E-state index in [4.69, 9.17) is 4.52 Å². The molecule has 17 heavy (non-hydrogen) atoms. The van der Waals surface area contributed by atoms with E-state index in [0.717, 1.165) is 29.9 Å². The van der Waals surface area contributed by atoms with Gasteiger partial charge in [0.1, 0.15) is 0 Å². The van der Waals surface area contributed by atoms with Crippen molar-refractivity contribution in [2.75, 3.05) is 0 Å². The predicted octanol–water partition coefficient (Wildman–Crippen LogP) is 2.43. The van der Waals surface area contributed by atoms with Crippen LogP contribution in [0.25, 0.3) is 0 Å². The Kier molecular flexibility index (Phi) is 2.35. The van der Waals surface area contributed by atoms with Gasteiger partial charge in [0.25, 0.3) is 0 Å². The smallest absolute Gasteiger partial charge is 0.167 e. The van der Waals surface area contributed by atoms with E-state index >= 15 is 0 Å². The molecule has 1 aliphatic rings. The summed E-state index contributed by atoms with van der Waals surface area (Å²) in [5.74, 6) is 1.36. The van der Waals surface area contributed by atoms with Crippen molar-refractivity contribution in [3.05, 3.63) is 41.5 Å². The molecule has 1 aliphatic carbocycles. The molecule has 0 spiro atoms. The van der Waals surface area contributed by atoms with E-state index in [1.807, 2.05) is 36.0 Å². The van der Waals surface area contributed by atoms with Crippen LogP contribution >= 0.6 is 0 Å². The van der Waals surface area contributed by atoms with Gasteiger partial charge < -0.3 is 9.09 Å². The lowest BCUT2D eigenvalue weighted by Crippen LogP contribution is -2.00.